The number of rotatable bonds is 7. The van der Waals surface area contributed by atoms with Crippen LogP contribution < -0.4 is 5.32 Å². The molecule has 1 heterocycles. The van der Waals surface area contributed by atoms with Gasteiger partial charge in [-0.3, -0.25) is 0 Å². The van der Waals surface area contributed by atoms with Crippen molar-refractivity contribution in [3.63, 3.8) is 0 Å². The van der Waals surface area contributed by atoms with Gasteiger partial charge in [0, 0.05) is 6.54 Å². The maximum absolute atomic E-state index is 13.3. The summed E-state index contributed by atoms with van der Waals surface area (Å²) in [6, 6.07) is 0. The number of hydrogen-bond donors (Lipinski definition) is 1. The second-order valence-corrected chi connectivity index (χ2v) is 4.56. The third-order valence-corrected chi connectivity index (χ3v) is 3.03. The summed E-state index contributed by atoms with van der Waals surface area (Å²) in [6.07, 6.45) is 4.42. The van der Waals surface area contributed by atoms with Crippen molar-refractivity contribution in [2.45, 2.75) is 38.1 Å². The van der Waals surface area contributed by atoms with E-state index in [0.29, 0.717) is 11.0 Å². The Kier molecular flexibility index (Phi) is 6.15. The number of nitrogens with zero attached hydrogens (tertiary/aromatic N) is 2. The van der Waals surface area contributed by atoms with E-state index in [2.05, 4.69) is 29.1 Å². The van der Waals surface area contributed by atoms with Gasteiger partial charge in [0.25, 0.3) is 0 Å². The summed E-state index contributed by atoms with van der Waals surface area (Å²) in [5, 5.41) is 3.50. The predicted molar refractivity (Wildman–Crippen MR) is 66.4 cm³/mol. The molecule has 1 aromatic heterocycles. The molecule has 5 heteroatoms. The lowest BCUT2D eigenvalue weighted by molar-refractivity contribution is 0.579. The van der Waals surface area contributed by atoms with Gasteiger partial charge in [0.15, 0.2) is 5.82 Å². The molecule has 0 unspecified atom stereocenters. The zero-order chi connectivity index (χ0) is 11.8. The minimum Gasteiger partial charge on any atom is -0.354 e. The molecule has 0 aliphatic heterocycles. The quantitative estimate of drug-likeness (QED) is 0.453. The first kappa shape index (κ1) is 13.2. The van der Waals surface area contributed by atoms with Gasteiger partial charge in [-0.05, 0) is 18.6 Å². The average molecular weight is 243 g/mol. The van der Waals surface area contributed by atoms with Crippen LogP contribution in [0.25, 0.3) is 0 Å². The lowest BCUT2D eigenvalue weighted by Gasteiger charge is -2.05. The number of nitrogens with one attached hydrogen (secondary N) is 1. The Labute approximate surface area is 100 Å². The Bertz CT molecular complexity index is 320. The fourth-order valence-corrected chi connectivity index (χ4v) is 2.06. The third kappa shape index (κ3) is 4.35. The number of halogens is 1. The maximum Gasteiger partial charge on any atom is 0.223 e. The molecular formula is C11H18FN3S. The van der Waals surface area contributed by atoms with E-state index in [-0.39, 0.29) is 5.82 Å². The molecular weight excluding hydrogens is 225 g/mol. The molecule has 0 aromatic carbocycles. The standard InChI is InChI=1S/C11H18FN3S/c1-3-5-7-16-10-9(12)8-14-11(15-10)13-6-4-2/h8H,3-7H2,1-2H3,(H,13,14,15). The molecule has 0 spiro atoms. The van der Waals surface area contributed by atoms with Crippen LogP contribution in [0, 0.1) is 5.82 Å². The van der Waals surface area contributed by atoms with E-state index in [1.54, 1.807) is 0 Å². The first-order valence-corrected chi connectivity index (χ1v) is 6.65. The van der Waals surface area contributed by atoms with Crippen LogP contribution in [-0.4, -0.2) is 22.3 Å². The van der Waals surface area contributed by atoms with Gasteiger partial charge in [-0.25, -0.2) is 14.4 Å². The smallest absolute Gasteiger partial charge is 0.223 e. The van der Waals surface area contributed by atoms with E-state index < -0.39 is 0 Å². The topological polar surface area (TPSA) is 37.8 Å². The molecule has 0 saturated heterocycles. The van der Waals surface area contributed by atoms with E-state index in [9.17, 15) is 4.39 Å². The summed E-state index contributed by atoms with van der Waals surface area (Å²) in [5.41, 5.74) is 0. The molecule has 90 valence electrons. The van der Waals surface area contributed by atoms with Crippen molar-refractivity contribution in [2.75, 3.05) is 17.6 Å². The molecule has 0 saturated carbocycles. The summed E-state index contributed by atoms with van der Waals surface area (Å²) < 4.78 is 13.3. The first-order valence-electron chi connectivity index (χ1n) is 5.67. The van der Waals surface area contributed by atoms with E-state index >= 15 is 0 Å². The Morgan fingerprint density at radius 2 is 2.19 bits per heavy atom. The van der Waals surface area contributed by atoms with E-state index in [4.69, 9.17) is 0 Å². The lowest BCUT2D eigenvalue weighted by Crippen LogP contribution is -2.05. The van der Waals surface area contributed by atoms with Crippen molar-refractivity contribution in [1.82, 2.24) is 9.97 Å². The highest BCUT2D eigenvalue weighted by atomic mass is 32.2. The van der Waals surface area contributed by atoms with Gasteiger partial charge in [0.1, 0.15) is 5.03 Å². The molecule has 0 atom stereocenters. The molecule has 1 rings (SSSR count). The second-order valence-electron chi connectivity index (χ2n) is 3.48. The van der Waals surface area contributed by atoms with Gasteiger partial charge in [0.2, 0.25) is 5.95 Å². The molecule has 0 fully saturated rings. The third-order valence-electron chi connectivity index (χ3n) is 1.98. The van der Waals surface area contributed by atoms with Crippen LogP contribution in [0.4, 0.5) is 10.3 Å². The fourth-order valence-electron chi connectivity index (χ4n) is 1.09. The van der Waals surface area contributed by atoms with Crippen LogP contribution >= 0.6 is 11.8 Å². The van der Waals surface area contributed by atoms with Gasteiger partial charge in [-0.1, -0.05) is 20.3 Å². The number of thioether (sulfide) groups is 1. The van der Waals surface area contributed by atoms with Crippen LogP contribution in [0.1, 0.15) is 33.1 Å². The molecule has 1 aromatic rings. The van der Waals surface area contributed by atoms with Crippen LogP contribution in [0.3, 0.4) is 0 Å². The highest BCUT2D eigenvalue weighted by Gasteiger charge is 2.06. The Morgan fingerprint density at radius 1 is 1.38 bits per heavy atom. The number of unbranched alkanes of at least 4 members (excludes halogenated alkanes) is 1. The molecule has 0 radical (unpaired) electrons. The van der Waals surface area contributed by atoms with Crippen molar-refractivity contribution >= 4 is 17.7 Å². The van der Waals surface area contributed by atoms with Crippen LogP contribution in [0.5, 0.6) is 0 Å². The largest absolute Gasteiger partial charge is 0.354 e. The maximum atomic E-state index is 13.3. The van der Waals surface area contributed by atoms with E-state index in [0.717, 1.165) is 31.6 Å². The average Bonchev–Trinajstić information content (AvgIpc) is 2.30. The van der Waals surface area contributed by atoms with Crippen molar-refractivity contribution < 1.29 is 4.39 Å². The fraction of sp³-hybridized carbons (Fsp3) is 0.636. The predicted octanol–water partition coefficient (Wildman–Crippen LogP) is 3.33. The first-order chi connectivity index (χ1) is 7.77. The monoisotopic (exact) mass is 243 g/mol. The van der Waals surface area contributed by atoms with Gasteiger partial charge in [-0.2, -0.15) is 0 Å². The molecule has 0 bridgehead atoms. The molecule has 0 aliphatic rings. The zero-order valence-corrected chi connectivity index (χ0v) is 10.6. The van der Waals surface area contributed by atoms with Crippen molar-refractivity contribution in [3.8, 4) is 0 Å². The van der Waals surface area contributed by atoms with Gasteiger partial charge in [-0.15, -0.1) is 11.8 Å². The van der Waals surface area contributed by atoms with Gasteiger partial charge >= 0.3 is 0 Å². The normalized spacial score (nSPS) is 10.4. The number of hydrogen-bond acceptors (Lipinski definition) is 4. The lowest BCUT2D eigenvalue weighted by atomic mass is 10.4. The molecule has 16 heavy (non-hydrogen) atoms. The van der Waals surface area contributed by atoms with Crippen LogP contribution in [-0.2, 0) is 0 Å². The SMILES string of the molecule is CCCCSc1nc(NCCC)ncc1F. The van der Waals surface area contributed by atoms with Crippen molar-refractivity contribution in [3.05, 3.63) is 12.0 Å². The van der Waals surface area contributed by atoms with Crippen molar-refractivity contribution in [2.24, 2.45) is 0 Å². The number of anilines is 1. The summed E-state index contributed by atoms with van der Waals surface area (Å²) >= 11 is 1.45. The van der Waals surface area contributed by atoms with E-state index in [1.165, 1.54) is 18.0 Å². The van der Waals surface area contributed by atoms with E-state index in [1.807, 2.05) is 0 Å². The molecule has 0 aliphatic carbocycles. The van der Waals surface area contributed by atoms with Crippen LogP contribution in [0.2, 0.25) is 0 Å². The van der Waals surface area contributed by atoms with Gasteiger partial charge in [0.05, 0.1) is 6.20 Å². The molecule has 0 amide bonds. The highest BCUT2D eigenvalue weighted by Crippen LogP contribution is 2.21. The molecule has 1 N–H and O–H groups in total. The van der Waals surface area contributed by atoms with Crippen LogP contribution in [0.15, 0.2) is 11.2 Å². The Balaban J connectivity index is 2.59. The summed E-state index contributed by atoms with van der Waals surface area (Å²) in [4.78, 5) is 8.04. The highest BCUT2D eigenvalue weighted by molar-refractivity contribution is 7.99. The molecule has 3 nitrogen and oxygen atoms in total. The second kappa shape index (κ2) is 7.44. The summed E-state index contributed by atoms with van der Waals surface area (Å²) in [5.74, 6) is 1.09. The number of aromatic nitrogens is 2. The Hall–Kier alpha value is -0.840. The Morgan fingerprint density at radius 3 is 2.88 bits per heavy atom. The van der Waals surface area contributed by atoms with Gasteiger partial charge < -0.3 is 5.32 Å². The minimum atomic E-state index is -0.330. The zero-order valence-electron chi connectivity index (χ0n) is 9.79. The summed E-state index contributed by atoms with van der Waals surface area (Å²) in [6.45, 7) is 4.99. The minimum absolute atomic E-state index is 0.330. The van der Waals surface area contributed by atoms with Crippen molar-refractivity contribution in [1.29, 1.82) is 0 Å². The summed E-state index contributed by atoms with van der Waals surface area (Å²) in [7, 11) is 0.